The molecule has 1 atom stereocenters. The van der Waals surface area contributed by atoms with E-state index in [4.69, 9.17) is 0 Å². The Bertz CT molecular complexity index is 689. The summed E-state index contributed by atoms with van der Waals surface area (Å²) in [6.45, 7) is 5.67. The van der Waals surface area contributed by atoms with E-state index in [1.807, 2.05) is 19.9 Å². The number of carbonyl (C=O) groups is 3. The van der Waals surface area contributed by atoms with Gasteiger partial charge in [0.2, 0.25) is 5.91 Å². The van der Waals surface area contributed by atoms with Crippen molar-refractivity contribution in [3.05, 3.63) is 29.3 Å². The maximum atomic E-state index is 12.5. The minimum absolute atomic E-state index is 0.116. The van der Waals surface area contributed by atoms with Gasteiger partial charge in [0, 0.05) is 57.3 Å². The minimum atomic E-state index is -0.249. The lowest BCUT2D eigenvalue weighted by Gasteiger charge is -2.22. The molecule has 0 aromatic heterocycles. The molecule has 7 heteroatoms. The zero-order valence-electron chi connectivity index (χ0n) is 16.0. The van der Waals surface area contributed by atoms with Crippen LogP contribution in [0.1, 0.15) is 35.7 Å². The van der Waals surface area contributed by atoms with E-state index in [2.05, 4.69) is 10.6 Å². The molecule has 0 radical (unpaired) electrons. The van der Waals surface area contributed by atoms with Crippen molar-refractivity contribution in [1.82, 2.24) is 15.1 Å². The lowest BCUT2D eigenvalue weighted by atomic mass is 10.1. The highest BCUT2D eigenvalue weighted by Gasteiger charge is 2.28. The molecular formula is C19H28N4O3. The van der Waals surface area contributed by atoms with Crippen LogP contribution in [0.15, 0.2) is 18.2 Å². The average Bonchev–Trinajstić information content (AvgIpc) is 2.91. The highest BCUT2D eigenvalue weighted by Crippen LogP contribution is 2.19. The largest absolute Gasteiger partial charge is 0.352 e. The van der Waals surface area contributed by atoms with Gasteiger partial charge in [-0.15, -0.1) is 0 Å². The second-order valence-corrected chi connectivity index (χ2v) is 6.94. The summed E-state index contributed by atoms with van der Waals surface area (Å²) >= 11 is 0. The van der Waals surface area contributed by atoms with Gasteiger partial charge in [0.15, 0.2) is 0 Å². The van der Waals surface area contributed by atoms with Gasteiger partial charge in [0.05, 0.1) is 0 Å². The molecule has 2 N–H and O–H groups in total. The van der Waals surface area contributed by atoms with Crippen molar-refractivity contribution in [3.63, 3.8) is 0 Å². The molecular weight excluding hydrogens is 332 g/mol. The fourth-order valence-corrected chi connectivity index (χ4v) is 3.00. The number of hydrogen-bond acceptors (Lipinski definition) is 3. The molecule has 1 unspecified atom stereocenters. The van der Waals surface area contributed by atoms with Gasteiger partial charge in [0.25, 0.3) is 5.91 Å². The lowest BCUT2D eigenvalue weighted by Crippen LogP contribution is -2.36. The molecule has 1 aromatic rings. The summed E-state index contributed by atoms with van der Waals surface area (Å²) in [5.74, 6) is 0.115. The van der Waals surface area contributed by atoms with E-state index in [-0.39, 0.29) is 23.8 Å². The molecule has 1 aromatic carbocycles. The highest BCUT2D eigenvalue weighted by molar-refractivity contribution is 5.97. The predicted molar refractivity (Wildman–Crippen MR) is 101 cm³/mol. The normalized spacial score (nSPS) is 16.5. The van der Waals surface area contributed by atoms with Crippen LogP contribution in [0.4, 0.5) is 10.5 Å². The van der Waals surface area contributed by atoms with Crippen LogP contribution in [-0.4, -0.2) is 61.4 Å². The Hall–Kier alpha value is -2.57. The third-order valence-electron chi connectivity index (χ3n) is 4.58. The number of nitrogens with one attached hydrogen (secondary N) is 2. The molecule has 2 rings (SSSR count). The third-order valence-corrected chi connectivity index (χ3v) is 4.58. The first kappa shape index (κ1) is 19.8. The van der Waals surface area contributed by atoms with Crippen molar-refractivity contribution in [1.29, 1.82) is 0 Å². The van der Waals surface area contributed by atoms with Crippen molar-refractivity contribution in [2.45, 2.75) is 26.7 Å². The molecule has 142 valence electrons. The topological polar surface area (TPSA) is 81.8 Å². The van der Waals surface area contributed by atoms with E-state index in [0.717, 1.165) is 12.0 Å². The first-order valence-corrected chi connectivity index (χ1v) is 8.96. The molecule has 0 spiro atoms. The summed E-state index contributed by atoms with van der Waals surface area (Å²) in [6.07, 6.45) is 1.34. The molecule has 1 heterocycles. The summed E-state index contributed by atoms with van der Waals surface area (Å²) in [5, 5.41) is 5.70. The number of carbonyl (C=O) groups excluding carboxylic acids is 3. The van der Waals surface area contributed by atoms with Gasteiger partial charge in [0.1, 0.15) is 0 Å². The van der Waals surface area contributed by atoms with Crippen LogP contribution in [-0.2, 0) is 4.79 Å². The predicted octanol–water partition coefficient (Wildman–Crippen LogP) is 2.08. The Kier molecular flexibility index (Phi) is 6.60. The lowest BCUT2D eigenvalue weighted by molar-refractivity contribution is -0.126. The van der Waals surface area contributed by atoms with E-state index in [0.29, 0.717) is 37.3 Å². The highest BCUT2D eigenvalue weighted by atomic mass is 16.2. The van der Waals surface area contributed by atoms with Gasteiger partial charge in [-0.1, -0.05) is 13.0 Å². The quantitative estimate of drug-likeness (QED) is 0.815. The molecule has 1 fully saturated rings. The van der Waals surface area contributed by atoms with Gasteiger partial charge in [-0.3, -0.25) is 9.59 Å². The Morgan fingerprint density at radius 2 is 2.08 bits per heavy atom. The smallest absolute Gasteiger partial charge is 0.321 e. The van der Waals surface area contributed by atoms with Crippen LogP contribution >= 0.6 is 0 Å². The zero-order chi connectivity index (χ0) is 19.3. The molecule has 1 saturated heterocycles. The van der Waals surface area contributed by atoms with Crippen LogP contribution < -0.4 is 10.6 Å². The fourth-order valence-electron chi connectivity index (χ4n) is 3.00. The molecule has 0 aliphatic carbocycles. The van der Waals surface area contributed by atoms with Crippen molar-refractivity contribution in [2.75, 3.05) is 39.0 Å². The minimum Gasteiger partial charge on any atom is -0.352 e. The number of amides is 4. The van der Waals surface area contributed by atoms with Crippen molar-refractivity contribution in [3.8, 4) is 0 Å². The van der Waals surface area contributed by atoms with Crippen LogP contribution in [0, 0.1) is 12.8 Å². The standard InChI is InChI=1S/C19H28N4O3/c1-5-8-20-18(25)15-7-6-13(2)16(10-15)21-19(26)23(4)12-14-9-17(24)22(3)11-14/h6-7,10,14H,5,8-9,11-12H2,1-4H3,(H,20,25)(H,21,26). The van der Waals surface area contributed by atoms with E-state index in [1.54, 1.807) is 36.0 Å². The molecule has 0 saturated carbocycles. The number of aryl methyl sites for hydroxylation is 1. The van der Waals surface area contributed by atoms with Crippen LogP contribution in [0.3, 0.4) is 0 Å². The van der Waals surface area contributed by atoms with Gasteiger partial charge in [-0.2, -0.15) is 0 Å². The molecule has 7 nitrogen and oxygen atoms in total. The maximum Gasteiger partial charge on any atom is 0.321 e. The fraction of sp³-hybridized carbons (Fsp3) is 0.526. The summed E-state index contributed by atoms with van der Waals surface area (Å²) < 4.78 is 0. The number of likely N-dealkylation sites (tertiary alicyclic amines) is 1. The average molecular weight is 360 g/mol. The van der Waals surface area contributed by atoms with Gasteiger partial charge < -0.3 is 20.4 Å². The monoisotopic (exact) mass is 360 g/mol. The third kappa shape index (κ3) is 4.97. The van der Waals surface area contributed by atoms with E-state index in [1.165, 1.54) is 0 Å². The molecule has 4 amide bonds. The van der Waals surface area contributed by atoms with E-state index in [9.17, 15) is 14.4 Å². The first-order valence-electron chi connectivity index (χ1n) is 8.96. The van der Waals surface area contributed by atoms with Crippen molar-refractivity contribution >= 4 is 23.5 Å². The second kappa shape index (κ2) is 8.69. The molecule has 1 aliphatic rings. The number of nitrogens with zero attached hydrogens (tertiary/aromatic N) is 2. The number of rotatable bonds is 6. The van der Waals surface area contributed by atoms with E-state index >= 15 is 0 Å². The van der Waals surface area contributed by atoms with E-state index < -0.39 is 0 Å². The first-order chi connectivity index (χ1) is 12.3. The summed E-state index contributed by atoms with van der Waals surface area (Å²) in [4.78, 5) is 39.5. The number of anilines is 1. The summed E-state index contributed by atoms with van der Waals surface area (Å²) in [5.41, 5.74) is 2.02. The molecule has 26 heavy (non-hydrogen) atoms. The SMILES string of the molecule is CCCNC(=O)c1ccc(C)c(NC(=O)N(C)CC2CC(=O)N(C)C2)c1. The second-order valence-electron chi connectivity index (χ2n) is 6.94. The zero-order valence-corrected chi connectivity index (χ0v) is 16.0. The number of urea groups is 1. The Labute approximate surface area is 154 Å². The molecule has 1 aliphatic heterocycles. The Morgan fingerprint density at radius 1 is 1.35 bits per heavy atom. The van der Waals surface area contributed by atoms with Crippen LogP contribution in [0.25, 0.3) is 0 Å². The molecule has 0 bridgehead atoms. The maximum absolute atomic E-state index is 12.5. The van der Waals surface area contributed by atoms with Gasteiger partial charge in [-0.05, 0) is 31.0 Å². The summed E-state index contributed by atoms with van der Waals surface area (Å²) in [7, 11) is 3.49. The van der Waals surface area contributed by atoms with Crippen LogP contribution in [0.2, 0.25) is 0 Å². The number of hydrogen-bond donors (Lipinski definition) is 2. The van der Waals surface area contributed by atoms with Crippen molar-refractivity contribution < 1.29 is 14.4 Å². The number of benzene rings is 1. The van der Waals surface area contributed by atoms with Crippen LogP contribution in [0.5, 0.6) is 0 Å². The van der Waals surface area contributed by atoms with Gasteiger partial charge in [-0.25, -0.2) is 4.79 Å². The summed E-state index contributed by atoms with van der Waals surface area (Å²) in [6, 6.07) is 5.01. The van der Waals surface area contributed by atoms with Gasteiger partial charge >= 0.3 is 6.03 Å². The Morgan fingerprint density at radius 3 is 2.69 bits per heavy atom. The Balaban J connectivity index is 1.99. The van der Waals surface area contributed by atoms with Crippen molar-refractivity contribution in [2.24, 2.45) is 5.92 Å².